The summed E-state index contributed by atoms with van der Waals surface area (Å²) in [7, 11) is 1.49. The minimum atomic E-state index is -2.98. The number of likely N-dealkylation sites (N-methyl/N-ethyl adjacent to an activating group) is 1. The molecule has 0 radical (unpaired) electrons. The average molecular weight is 443 g/mol. The molecular formula is C24H24F3N3O2. The van der Waals surface area contributed by atoms with Crippen molar-refractivity contribution in [2.45, 2.75) is 39.3 Å². The Balaban J connectivity index is 2.25. The summed E-state index contributed by atoms with van der Waals surface area (Å²) in [5, 5.41) is 0. The molecule has 1 aliphatic rings. The van der Waals surface area contributed by atoms with Gasteiger partial charge < -0.3 is 10.5 Å². The Morgan fingerprint density at radius 3 is 2.41 bits per heavy atom. The van der Waals surface area contributed by atoms with Crippen LogP contribution in [0.25, 0.3) is 0 Å². The summed E-state index contributed by atoms with van der Waals surface area (Å²) < 4.78 is 44.6. The number of hydrogen-bond acceptors (Lipinski definition) is 4. The third kappa shape index (κ3) is 4.15. The molecule has 168 valence electrons. The van der Waals surface area contributed by atoms with Gasteiger partial charge in [0, 0.05) is 13.0 Å². The van der Waals surface area contributed by atoms with Crippen LogP contribution in [0.15, 0.2) is 41.4 Å². The van der Waals surface area contributed by atoms with Gasteiger partial charge in [0.2, 0.25) is 0 Å². The summed E-state index contributed by atoms with van der Waals surface area (Å²) in [5.74, 6) is 4.76. The Morgan fingerprint density at radius 1 is 1.19 bits per heavy atom. The highest BCUT2D eigenvalue weighted by atomic mass is 19.3. The summed E-state index contributed by atoms with van der Waals surface area (Å²) in [6.45, 7) is 2.56. The van der Waals surface area contributed by atoms with Crippen molar-refractivity contribution in [3.8, 4) is 17.6 Å². The molecule has 2 N–H and O–H groups in total. The van der Waals surface area contributed by atoms with Gasteiger partial charge in [-0.05, 0) is 47.4 Å². The molecule has 8 heteroatoms. The molecule has 1 amide bonds. The predicted molar refractivity (Wildman–Crippen MR) is 116 cm³/mol. The van der Waals surface area contributed by atoms with Gasteiger partial charge in [0.05, 0.1) is 5.56 Å². The smallest absolute Gasteiger partial charge is 0.387 e. The maximum Gasteiger partial charge on any atom is 0.387 e. The number of hydrogen-bond donors (Lipinski definition) is 1. The molecule has 5 nitrogen and oxygen atoms in total. The fraction of sp³-hybridized carbons (Fsp3) is 0.333. The molecule has 0 fully saturated rings. The van der Waals surface area contributed by atoms with Crippen molar-refractivity contribution in [2.24, 2.45) is 16.6 Å². The van der Waals surface area contributed by atoms with Crippen molar-refractivity contribution < 1.29 is 22.7 Å². The maximum atomic E-state index is 14.4. The predicted octanol–water partition coefficient (Wildman–Crippen LogP) is 4.03. The van der Waals surface area contributed by atoms with E-state index in [-0.39, 0.29) is 23.2 Å². The van der Waals surface area contributed by atoms with E-state index in [2.05, 4.69) is 21.6 Å². The lowest BCUT2D eigenvalue weighted by atomic mass is 9.81. The number of aliphatic imine (C=N–C) groups is 1. The van der Waals surface area contributed by atoms with E-state index < -0.39 is 23.9 Å². The molecule has 0 spiro atoms. The van der Waals surface area contributed by atoms with Crippen molar-refractivity contribution in [2.75, 3.05) is 7.05 Å². The molecule has 32 heavy (non-hydrogen) atoms. The number of carbonyl (C=O) groups is 1. The van der Waals surface area contributed by atoms with E-state index in [0.717, 1.165) is 0 Å². The molecule has 0 saturated heterocycles. The first kappa shape index (κ1) is 23.2. The molecule has 0 unspecified atom stereocenters. The van der Waals surface area contributed by atoms with Crippen molar-refractivity contribution >= 4 is 11.9 Å². The van der Waals surface area contributed by atoms with Gasteiger partial charge in [-0.1, -0.05) is 44.7 Å². The summed E-state index contributed by atoms with van der Waals surface area (Å²) in [5.41, 5.74) is 5.75. The zero-order valence-corrected chi connectivity index (χ0v) is 18.2. The first-order valence-electron chi connectivity index (χ1n) is 10.1. The average Bonchev–Trinajstić information content (AvgIpc) is 2.97. The van der Waals surface area contributed by atoms with Gasteiger partial charge in [-0.25, -0.2) is 9.38 Å². The van der Waals surface area contributed by atoms with Crippen LogP contribution in [0, 0.1) is 23.6 Å². The minimum Gasteiger partial charge on any atom is -0.435 e. The number of rotatable bonds is 5. The second-order valence-corrected chi connectivity index (χ2v) is 7.72. The van der Waals surface area contributed by atoms with Gasteiger partial charge in [0.25, 0.3) is 5.91 Å². The van der Waals surface area contributed by atoms with Gasteiger partial charge >= 0.3 is 6.61 Å². The van der Waals surface area contributed by atoms with Crippen LogP contribution >= 0.6 is 0 Å². The first-order chi connectivity index (χ1) is 15.1. The molecule has 1 atom stereocenters. The third-order valence-electron chi connectivity index (χ3n) is 5.19. The lowest BCUT2D eigenvalue weighted by Crippen LogP contribution is -2.41. The van der Waals surface area contributed by atoms with Crippen molar-refractivity contribution in [1.82, 2.24) is 4.90 Å². The van der Waals surface area contributed by atoms with Crippen LogP contribution in [0.3, 0.4) is 0 Å². The number of nitrogens with zero attached hydrogens (tertiary/aromatic N) is 2. The Morgan fingerprint density at radius 2 is 1.84 bits per heavy atom. The molecule has 1 heterocycles. The number of alkyl halides is 2. The number of aryl methyl sites for hydroxylation is 1. The highest BCUT2D eigenvalue weighted by Gasteiger charge is 2.50. The largest absolute Gasteiger partial charge is 0.435 e. The van der Waals surface area contributed by atoms with E-state index in [1.807, 2.05) is 13.8 Å². The van der Waals surface area contributed by atoms with Gasteiger partial charge in [0.1, 0.15) is 11.6 Å². The highest BCUT2D eigenvalue weighted by molar-refractivity contribution is 6.09. The van der Waals surface area contributed by atoms with Crippen LogP contribution in [-0.2, 0) is 16.8 Å². The molecule has 0 bridgehead atoms. The zero-order valence-electron chi connectivity index (χ0n) is 18.2. The van der Waals surface area contributed by atoms with Crippen LogP contribution < -0.4 is 10.5 Å². The number of amides is 1. The van der Waals surface area contributed by atoms with E-state index >= 15 is 0 Å². The monoisotopic (exact) mass is 443 g/mol. The molecule has 0 aliphatic carbocycles. The third-order valence-corrected chi connectivity index (χ3v) is 5.19. The van der Waals surface area contributed by atoms with E-state index in [4.69, 9.17) is 5.73 Å². The molecule has 0 aromatic heterocycles. The number of guanidine groups is 1. The number of benzene rings is 2. The summed E-state index contributed by atoms with van der Waals surface area (Å²) in [6, 6.07) is 8.63. The van der Waals surface area contributed by atoms with E-state index in [0.29, 0.717) is 23.1 Å². The standard InChI is InChI=1S/C24H24F3N3O2/c1-5-15-12-18(9-11-20(15)32-22(26)27)24(21(31)30(4)23(28)29-24)17-8-10-19(25)16(13-17)7-6-14(2)3/h8-14,22H,5H2,1-4H3,(H2,28,29)/t24-/m1/s1. The van der Waals surface area contributed by atoms with Gasteiger partial charge in [0.15, 0.2) is 11.5 Å². The normalized spacial score (nSPS) is 18.1. The van der Waals surface area contributed by atoms with E-state index in [1.54, 1.807) is 13.0 Å². The van der Waals surface area contributed by atoms with Gasteiger partial charge in [-0.15, -0.1) is 0 Å². The Hall–Kier alpha value is -3.47. The number of halogens is 3. The molecule has 2 aromatic carbocycles. The van der Waals surface area contributed by atoms with Crippen LogP contribution in [0.4, 0.5) is 13.2 Å². The number of carbonyl (C=O) groups excluding carboxylic acids is 1. The summed E-state index contributed by atoms with van der Waals surface area (Å²) in [4.78, 5) is 19.1. The Labute approximate surface area is 185 Å². The van der Waals surface area contributed by atoms with E-state index in [1.165, 1.54) is 42.3 Å². The number of ether oxygens (including phenoxy) is 1. The van der Waals surface area contributed by atoms with Gasteiger partial charge in [-0.3, -0.25) is 9.69 Å². The fourth-order valence-corrected chi connectivity index (χ4v) is 3.54. The minimum absolute atomic E-state index is 0.0137. The van der Waals surface area contributed by atoms with Crippen LogP contribution in [-0.4, -0.2) is 30.4 Å². The number of nitrogens with two attached hydrogens (primary N) is 1. The molecular weight excluding hydrogens is 419 g/mol. The SMILES string of the molecule is CCc1cc([C@@]2(c3ccc(F)c(C#CC(C)C)c3)N=C(N)N(C)C2=O)ccc1OC(F)F. The zero-order chi connectivity index (χ0) is 23.6. The van der Waals surface area contributed by atoms with Crippen molar-refractivity contribution in [3.63, 3.8) is 0 Å². The maximum absolute atomic E-state index is 14.4. The van der Waals surface area contributed by atoms with Crippen LogP contribution in [0.1, 0.15) is 43.0 Å². The molecule has 0 saturated carbocycles. The molecule has 3 rings (SSSR count). The lowest BCUT2D eigenvalue weighted by Gasteiger charge is -2.27. The fourth-order valence-electron chi connectivity index (χ4n) is 3.54. The van der Waals surface area contributed by atoms with Crippen LogP contribution in [0.2, 0.25) is 0 Å². The first-order valence-corrected chi connectivity index (χ1v) is 10.1. The Kier molecular flexibility index (Phi) is 6.49. The highest BCUT2D eigenvalue weighted by Crippen LogP contribution is 2.41. The topological polar surface area (TPSA) is 67.9 Å². The van der Waals surface area contributed by atoms with Crippen molar-refractivity contribution in [1.29, 1.82) is 0 Å². The summed E-state index contributed by atoms with van der Waals surface area (Å²) in [6.07, 6.45) is 0.379. The van der Waals surface area contributed by atoms with Gasteiger partial charge in [-0.2, -0.15) is 8.78 Å². The van der Waals surface area contributed by atoms with E-state index in [9.17, 15) is 18.0 Å². The lowest BCUT2D eigenvalue weighted by molar-refractivity contribution is -0.129. The van der Waals surface area contributed by atoms with Crippen molar-refractivity contribution in [3.05, 3.63) is 64.5 Å². The quantitative estimate of drug-likeness (QED) is 0.710. The molecule has 1 aliphatic heterocycles. The molecule has 2 aromatic rings. The second-order valence-electron chi connectivity index (χ2n) is 7.72. The second kappa shape index (κ2) is 8.95. The van der Waals surface area contributed by atoms with Crippen LogP contribution in [0.5, 0.6) is 5.75 Å². The summed E-state index contributed by atoms with van der Waals surface area (Å²) >= 11 is 0. The Bertz CT molecular complexity index is 1140.